The molecule has 4 nitrogen and oxygen atoms in total. The molecular formula is C18H23ClN2O2. The number of hydrogen-bond acceptors (Lipinski definition) is 3. The van der Waals surface area contributed by atoms with Gasteiger partial charge in [-0.2, -0.15) is 0 Å². The lowest BCUT2D eigenvalue weighted by Gasteiger charge is -2.34. The molecule has 0 saturated heterocycles. The Morgan fingerprint density at radius 3 is 2.87 bits per heavy atom. The van der Waals surface area contributed by atoms with Gasteiger partial charge in [-0.3, -0.25) is 0 Å². The number of halogens is 1. The molecule has 0 aliphatic heterocycles. The molecule has 1 N–H and O–H groups in total. The summed E-state index contributed by atoms with van der Waals surface area (Å²) in [5.41, 5.74) is 4.42. The zero-order chi connectivity index (χ0) is 16.8. The highest BCUT2D eigenvalue weighted by Gasteiger charge is 2.30. The molecule has 0 aromatic carbocycles. The van der Waals surface area contributed by atoms with Crippen molar-refractivity contribution < 1.29 is 9.53 Å². The lowest BCUT2D eigenvalue weighted by atomic mass is 9.71. The number of pyridine rings is 1. The number of carbonyl (C=O) groups is 1. The maximum atomic E-state index is 12.1. The van der Waals surface area contributed by atoms with Crippen LogP contribution in [0.4, 0.5) is 0 Å². The zero-order valence-corrected chi connectivity index (χ0v) is 14.9. The summed E-state index contributed by atoms with van der Waals surface area (Å²) in [5.74, 6) is 0.226. The topological polar surface area (TPSA) is 55.0 Å². The fourth-order valence-corrected chi connectivity index (χ4v) is 3.63. The predicted molar refractivity (Wildman–Crippen MR) is 92.0 cm³/mol. The molecule has 0 bridgehead atoms. The Labute approximate surface area is 141 Å². The Morgan fingerprint density at radius 2 is 2.22 bits per heavy atom. The number of H-pyrrole nitrogens is 1. The van der Waals surface area contributed by atoms with E-state index in [-0.39, 0.29) is 5.41 Å². The van der Waals surface area contributed by atoms with Crippen molar-refractivity contribution >= 4 is 28.6 Å². The van der Waals surface area contributed by atoms with Gasteiger partial charge in [0.05, 0.1) is 12.1 Å². The molecule has 1 aliphatic carbocycles. The molecule has 3 rings (SSSR count). The molecule has 0 amide bonds. The molecule has 1 aliphatic rings. The minimum absolute atomic E-state index is 0.288. The quantitative estimate of drug-likeness (QED) is 0.820. The van der Waals surface area contributed by atoms with Crippen molar-refractivity contribution in [2.24, 2.45) is 11.3 Å². The van der Waals surface area contributed by atoms with Gasteiger partial charge in [-0.05, 0) is 49.1 Å². The van der Waals surface area contributed by atoms with Gasteiger partial charge in [-0.15, -0.1) is 0 Å². The molecule has 0 saturated carbocycles. The van der Waals surface area contributed by atoms with E-state index in [9.17, 15) is 4.79 Å². The monoisotopic (exact) mass is 334 g/mol. The average molecular weight is 335 g/mol. The van der Waals surface area contributed by atoms with Crippen LogP contribution in [0.25, 0.3) is 11.0 Å². The molecule has 23 heavy (non-hydrogen) atoms. The Hall–Kier alpha value is -1.55. The first kappa shape index (κ1) is 16.3. The van der Waals surface area contributed by atoms with E-state index >= 15 is 0 Å². The summed E-state index contributed by atoms with van der Waals surface area (Å²) in [4.78, 5) is 19.9. The number of aromatic amines is 1. The SMILES string of the molecule is CCOC(=O)c1c(Cl)[nH]c2cc3c(nc12)CCC(C(C)(C)C)C3. The largest absolute Gasteiger partial charge is 0.462 e. The van der Waals surface area contributed by atoms with Crippen LogP contribution in [0.2, 0.25) is 5.15 Å². The highest BCUT2D eigenvalue weighted by molar-refractivity contribution is 6.34. The number of esters is 1. The predicted octanol–water partition coefficient (Wildman–Crippen LogP) is 4.54. The van der Waals surface area contributed by atoms with E-state index in [1.165, 1.54) is 5.56 Å². The van der Waals surface area contributed by atoms with Crippen LogP contribution in [0.1, 0.15) is 55.7 Å². The maximum absolute atomic E-state index is 12.1. The van der Waals surface area contributed by atoms with Crippen molar-refractivity contribution in [3.63, 3.8) is 0 Å². The second-order valence-electron chi connectivity index (χ2n) is 7.33. The first-order valence-electron chi connectivity index (χ1n) is 8.18. The molecule has 0 spiro atoms. The molecule has 1 atom stereocenters. The van der Waals surface area contributed by atoms with Crippen molar-refractivity contribution in [2.75, 3.05) is 6.61 Å². The minimum Gasteiger partial charge on any atom is -0.462 e. The summed E-state index contributed by atoms with van der Waals surface area (Å²) in [6.07, 6.45) is 3.09. The zero-order valence-electron chi connectivity index (χ0n) is 14.1. The first-order valence-corrected chi connectivity index (χ1v) is 8.56. The van der Waals surface area contributed by atoms with Crippen molar-refractivity contribution in [3.8, 4) is 0 Å². The Kier molecular flexibility index (Phi) is 4.13. The van der Waals surface area contributed by atoms with Crippen LogP contribution in [-0.4, -0.2) is 22.5 Å². The van der Waals surface area contributed by atoms with E-state index < -0.39 is 5.97 Å². The average Bonchev–Trinajstić information content (AvgIpc) is 2.78. The molecule has 0 radical (unpaired) electrons. The number of fused-ring (bicyclic) bond motifs is 2. The van der Waals surface area contributed by atoms with Gasteiger partial charge in [0, 0.05) is 5.69 Å². The van der Waals surface area contributed by atoms with E-state index in [0.717, 1.165) is 30.5 Å². The second-order valence-corrected chi connectivity index (χ2v) is 7.71. The Bertz CT molecular complexity index is 758. The molecule has 5 heteroatoms. The summed E-state index contributed by atoms with van der Waals surface area (Å²) < 4.78 is 5.10. The summed E-state index contributed by atoms with van der Waals surface area (Å²) >= 11 is 6.21. The molecule has 1 unspecified atom stereocenters. The number of aryl methyl sites for hydroxylation is 1. The minimum atomic E-state index is -0.417. The number of rotatable bonds is 2. The van der Waals surface area contributed by atoms with Gasteiger partial charge in [0.15, 0.2) is 0 Å². The third-order valence-corrected chi connectivity index (χ3v) is 5.08. The van der Waals surface area contributed by atoms with Crippen LogP contribution in [0.3, 0.4) is 0 Å². The van der Waals surface area contributed by atoms with Gasteiger partial charge in [0.1, 0.15) is 16.2 Å². The van der Waals surface area contributed by atoms with Gasteiger partial charge >= 0.3 is 5.97 Å². The lowest BCUT2D eigenvalue weighted by Crippen LogP contribution is -2.27. The number of carbonyl (C=O) groups excluding carboxylic acids is 1. The molecule has 124 valence electrons. The van der Waals surface area contributed by atoms with Gasteiger partial charge in [-0.1, -0.05) is 32.4 Å². The third-order valence-electron chi connectivity index (χ3n) is 4.79. The van der Waals surface area contributed by atoms with Gasteiger partial charge in [0.25, 0.3) is 0 Å². The molecule has 0 fully saturated rings. The van der Waals surface area contributed by atoms with Gasteiger partial charge < -0.3 is 9.72 Å². The number of hydrogen-bond donors (Lipinski definition) is 1. The van der Waals surface area contributed by atoms with Gasteiger partial charge in [-0.25, -0.2) is 9.78 Å². The number of aromatic nitrogens is 2. The Balaban J connectivity index is 2.04. The highest BCUT2D eigenvalue weighted by atomic mass is 35.5. The van der Waals surface area contributed by atoms with E-state index in [0.29, 0.717) is 28.8 Å². The van der Waals surface area contributed by atoms with Crippen LogP contribution in [0, 0.1) is 11.3 Å². The van der Waals surface area contributed by atoms with Crippen LogP contribution in [0.15, 0.2) is 6.07 Å². The van der Waals surface area contributed by atoms with Crippen LogP contribution in [0.5, 0.6) is 0 Å². The van der Waals surface area contributed by atoms with Gasteiger partial charge in [0.2, 0.25) is 0 Å². The molecule has 2 heterocycles. The Morgan fingerprint density at radius 1 is 1.48 bits per heavy atom. The van der Waals surface area contributed by atoms with E-state index in [4.69, 9.17) is 21.3 Å². The number of nitrogens with one attached hydrogen (secondary N) is 1. The van der Waals surface area contributed by atoms with Crippen molar-refractivity contribution in [1.82, 2.24) is 9.97 Å². The smallest absolute Gasteiger partial charge is 0.343 e. The lowest BCUT2D eigenvalue weighted by molar-refractivity contribution is 0.0528. The van der Waals surface area contributed by atoms with Crippen LogP contribution < -0.4 is 0 Å². The fraction of sp³-hybridized carbons (Fsp3) is 0.556. The van der Waals surface area contributed by atoms with Crippen LogP contribution >= 0.6 is 11.6 Å². The highest BCUT2D eigenvalue weighted by Crippen LogP contribution is 2.38. The van der Waals surface area contributed by atoms with Crippen molar-refractivity contribution in [2.45, 2.75) is 47.0 Å². The van der Waals surface area contributed by atoms with Crippen LogP contribution in [-0.2, 0) is 17.6 Å². The first-order chi connectivity index (χ1) is 10.8. The van der Waals surface area contributed by atoms with Crippen molar-refractivity contribution in [3.05, 3.63) is 28.0 Å². The van der Waals surface area contributed by atoms with E-state index in [1.54, 1.807) is 6.92 Å². The molecule has 2 aromatic rings. The molecule has 2 aromatic heterocycles. The summed E-state index contributed by atoms with van der Waals surface area (Å²) in [5, 5.41) is 0.306. The number of nitrogens with zero attached hydrogens (tertiary/aromatic N) is 1. The number of ether oxygens (including phenoxy) is 1. The van der Waals surface area contributed by atoms with Crippen molar-refractivity contribution in [1.29, 1.82) is 0 Å². The van der Waals surface area contributed by atoms with E-state index in [1.807, 2.05) is 0 Å². The molecular weight excluding hydrogens is 312 g/mol. The van der Waals surface area contributed by atoms with E-state index in [2.05, 4.69) is 31.8 Å². The normalized spacial score (nSPS) is 18.0. The second kappa shape index (κ2) is 5.82. The summed E-state index contributed by atoms with van der Waals surface area (Å²) in [6.45, 7) is 8.97. The fourth-order valence-electron chi connectivity index (χ4n) is 3.36. The summed E-state index contributed by atoms with van der Waals surface area (Å²) in [6, 6.07) is 2.10. The maximum Gasteiger partial charge on any atom is 0.343 e. The standard InChI is InChI=1S/C18H23ClN2O2/c1-5-23-17(22)14-15-13(21-16(14)19)9-10-8-11(18(2,3)4)6-7-12(10)20-15/h9,11,21H,5-8H2,1-4H3. The third kappa shape index (κ3) is 2.97. The summed E-state index contributed by atoms with van der Waals surface area (Å²) in [7, 11) is 0.